The van der Waals surface area contributed by atoms with Crippen LogP contribution >= 0.6 is 0 Å². The van der Waals surface area contributed by atoms with Crippen LogP contribution in [0.1, 0.15) is 16.7 Å². The van der Waals surface area contributed by atoms with E-state index in [9.17, 15) is 18.5 Å². The number of aryl methyl sites for hydroxylation is 2. The lowest BCUT2D eigenvalue weighted by Crippen LogP contribution is -2.30. The zero-order valence-electron chi connectivity index (χ0n) is 14.1. The molecule has 7 nitrogen and oxygen atoms in total. The van der Waals surface area contributed by atoms with Crippen molar-refractivity contribution in [2.45, 2.75) is 25.2 Å². The first kappa shape index (κ1) is 17.2. The number of hydrogen-bond donors (Lipinski definition) is 0. The predicted octanol–water partition coefficient (Wildman–Crippen LogP) is 2.97. The maximum Gasteiger partial charge on any atom is 0.271 e. The maximum atomic E-state index is 13.2. The van der Waals surface area contributed by atoms with E-state index in [0.717, 1.165) is 5.56 Å². The number of nitro benzene ring substituents is 1. The Balaban J connectivity index is 2.13. The fraction of sp³-hybridized carbons (Fsp3) is 0.294. The van der Waals surface area contributed by atoms with Crippen LogP contribution in [0.4, 0.5) is 11.4 Å². The van der Waals surface area contributed by atoms with Gasteiger partial charge in [0.05, 0.1) is 22.6 Å². The molecule has 0 atom stereocenters. The SMILES string of the molecule is COc1cc(C)c(S(=O)(=O)N2CCc3ccc([N+](=O)[O-])cc32)c(C)c1. The van der Waals surface area contributed by atoms with Gasteiger partial charge in [-0.25, -0.2) is 8.42 Å². The summed E-state index contributed by atoms with van der Waals surface area (Å²) in [5.74, 6) is 0.589. The lowest BCUT2D eigenvalue weighted by Gasteiger charge is -2.22. The van der Waals surface area contributed by atoms with Crippen LogP contribution in [0.5, 0.6) is 5.75 Å². The molecule has 0 aliphatic carbocycles. The number of anilines is 1. The monoisotopic (exact) mass is 362 g/mol. The Hall–Kier alpha value is -2.61. The summed E-state index contributed by atoms with van der Waals surface area (Å²) < 4.78 is 32.9. The van der Waals surface area contributed by atoms with E-state index in [0.29, 0.717) is 29.0 Å². The van der Waals surface area contributed by atoms with Crippen molar-refractivity contribution in [2.24, 2.45) is 0 Å². The number of nitrogens with zero attached hydrogens (tertiary/aromatic N) is 2. The van der Waals surface area contributed by atoms with E-state index in [-0.39, 0.29) is 17.1 Å². The van der Waals surface area contributed by atoms with E-state index in [1.54, 1.807) is 32.0 Å². The van der Waals surface area contributed by atoms with E-state index in [1.165, 1.54) is 23.5 Å². The van der Waals surface area contributed by atoms with Gasteiger partial charge >= 0.3 is 0 Å². The van der Waals surface area contributed by atoms with Gasteiger partial charge in [0, 0.05) is 18.7 Å². The van der Waals surface area contributed by atoms with Crippen LogP contribution in [0.15, 0.2) is 35.2 Å². The molecule has 0 bridgehead atoms. The Bertz CT molecular complexity index is 946. The molecule has 2 aromatic carbocycles. The van der Waals surface area contributed by atoms with E-state index >= 15 is 0 Å². The average molecular weight is 362 g/mol. The van der Waals surface area contributed by atoms with Crippen LogP contribution < -0.4 is 9.04 Å². The number of methoxy groups -OCH3 is 1. The van der Waals surface area contributed by atoms with Crippen molar-refractivity contribution in [3.05, 3.63) is 57.1 Å². The Morgan fingerprint density at radius 1 is 1.16 bits per heavy atom. The van der Waals surface area contributed by atoms with Gasteiger partial charge in [-0.3, -0.25) is 14.4 Å². The topological polar surface area (TPSA) is 89.8 Å². The van der Waals surface area contributed by atoms with Gasteiger partial charge in [0.15, 0.2) is 0 Å². The largest absolute Gasteiger partial charge is 0.497 e. The highest BCUT2D eigenvalue weighted by Crippen LogP contribution is 2.37. The van der Waals surface area contributed by atoms with Gasteiger partial charge in [0.1, 0.15) is 5.75 Å². The molecule has 132 valence electrons. The molecule has 1 aliphatic heterocycles. The molecular weight excluding hydrogens is 344 g/mol. The van der Waals surface area contributed by atoms with E-state index in [2.05, 4.69) is 0 Å². The van der Waals surface area contributed by atoms with Crippen molar-refractivity contribution in [1.82, 2.24) is 0 Å². The molecule has 0 spiro atoms. The number of nitro groups is 1. The first-order valence-corrected chi connectivity index (χ1v) is 9.15. The summed E-state index contributed by atoms with van der Waals surface area (Å²) >= 11 is 0. The summed E-state index contributed by atoms with van der Waals surface area (Å²) in [6, 6.07) is 7.69. The molecule has 8 heteroatoms. The molecule has 0 saturated heterocycles. The highest BCUT2D eigenvalue weighted by Gasteiger charge is 2.34. The molecule has 0 N–H and O–H groups in total. The fourth-order valence-corrected chi connectivity index (χ4v) is 5.16. The van der Waals surface area contributed by atoms with Crippen molar-refractivity contribution in [2.75, 3.05) is 18.0 Å². The molecular formula is C17H18N2O5S. The van der Waals surface area contributed by atoms with Crippen molar-refractivity contribution in [3.8, 4) is 5.75 Å². The molecule has 0 aromatic heterocycles. The molecule has 0 saturated carbocycles. The predicted molar refractivity (Wildman–Crippen MR) is 93.8 cm³/mol. The maximum absolute atomic E-state index is 13.2. The summed E-state index contributed by atoms with van der Waals surface area (Å²) in [6.45, 7) is 3.70. The molecule has 1 heterocycles. The molecule has 0 radical (unpaired) electrons. The summed E-state index contributed by atoms with van der Waals surface area (Å²) in [6.07, 6.45) is 0.529. The van der Waals surface area contributed by atoms with Crippen LogP contribution in [0, 0.1) is 24.0 Å². The Kier molecular flexibility index (Phi) is 4.16. The first-order chi connectivity index (χ1) is 11.8. The van der Waals surface area contributed by atoms with Gasteiger partial charge in [-0.15, -0.1) is 0 Å². The van der Waals surface area contributed by atoms with Crippen LogP contribution in [-0.2, 0) is 16.4 Å². The summed E-state index contributed by atoms with van der Waals surface area (Å²) in [5, 5.41) is 11.0. The number of fused-ring (bicyclic) bond motifs is 1. The second-order valence-electron chi connectivity index (χ2n) is 5.99. The lowest BCUT2D eigenvalue weighted by atomic mass is 10.1. The summed E-state index contributed by atoms with van der Waals surface area (Å²) in [4.78, 5) is 10.7. The normalized spacial score (nSPS) is 13.6. The summed E-state index contributed by atoms with van der Waals surface area (Å²) in [5.41, 5.74) is 2.21. The fourth-order valence-electron chi connectivity index (χ4n) is 3.25. The minimum atomic E-state index is -3.83. The molecule has 2 aromatic rings. The number of hydrogen-bond acceptors (Lipinski definition) is 5. The van der Waals surface area contributed by atoms with Gasteiger partial charge in [-0.2, -0.15) is 0 Å². The van der Waals surface area contributed by atoms with Crippen molar-refractivity contribution >= 4 is 21.4 Å². The number of rotatable bonds is 4. The highest BCUT2D eigenvalue weighted by atomic mass is 32.2. The molecule has 0 fully saturated rings. The number of ether oxygens (including phenoxy) is 1. The second-order valence-corrected chi connectivity index (χ2v) is 7.79. The third-order valence-electron chi connectivity index (χ3n) is 4.35. The quantitative estimate of drug-likeness (QED) is 0.616. The molecule has 25 heavy (non-hydrogen) atoms. The minimum absolute atomic E-state index is 0.121. The lowest BCUT2D eigenvalue weighted by molar-refractivity contribution is -0.384. The van der Waals surface area contributed by atoms with Gasteiger partial charge in [-0.05, 0) is 49.1 Å². The van der Waals surface area contributed by atoms with Crippen LogP contribution in [0.2, 0.25) is 0 Å². The van der Waals surface area contributed by atoms with Gasteiger partial charge in [0.2, 0.25) is 0 Å². The molecule has 1 aliphatic rings. The second kappa shape index (κ2) is 6.03. The Morgan fingerprint density at radius 3 is 2.36 bits per heavy atom. The van der Waals surface area contributed by atoms with E-state index in [4.69, 9.17) is 4.74 Å². The first-order valence-electron chi connectivity index (χ1n) is 7.71. The summed E-state index contributed by atoms with van der Waals surface area (Å²) in [7, 11) is -2.30. The van der Waals surface area contributed by atoms with Crippen LogP contribution in [0.3, 0.4) is 0 Å². The third-order valence-corrected chi connectivity index (χ3v) is 6.47. The smallest absolute Gasteiger partial charge is 0.271 e. The minimum Gasteiger partial charge on any atom is -0.497 e. The standard InChI is InChI=1S/C17H18N2O5S/c1-11-8-15(24-3)9-12(2)17(11)25(22,23)18-7-6-13-4-5-14(19(20)21)10-16(13)18/h4-5,8-10H,6-7H2,1-3H3. The molecule has 3 rings (SSSR count). The number of benzene rings is 2. The van der Waals surface area contributed by atoms with Gasteiger partial charge in [0.25, 0.3) is 15.7 Å². The van der Waals surface area contributed by atoms with Crippen molar-refractivity contribution in [1.29, 1.82) is 0 Å². The molecule has 0 amide bonds. The average Bonchev–Trinajstić information content (AvgIpc) is 2.97. The number of sulfonamides is 1. The number of non-ortho nitro benzene ring substituents is 1. The van der Waals surface area contributed by atoms with Crippen molar-refractivity contribution < 1.29 is 18.1 Å². The van der Waals surface area contributed by atoms with Gasteiger partial charge in [-0.1, -0.05) is 6.07 Å². The van der Waals surface area contributed by atoms with E-state index in [1.807, 2.05) is 0 Å². The Morgan fingerprint density at radius 2 is 1.80 bits per heavy atom. The zero-order chi connectivity index (χ0) is 18.4. The van der Waals surface area contributed by atoms with Crippen LogP contribution in [-0.4, -0.2) is 27.0 Å². The Labute approximate surface area is 146 Å². The third kappa shape index (κ3) is 2.82. The zero-order valence-corrected chi connectivity index (χ0v) is 15.0. The molecule has 0 unspecified atom stereocenters. The van der Waals surface area contributed by atoms with Crippen LogP contribution in [0.25, 0.3) is 0 Å². The highest BCUT2D eigenvalue weighted by molar-refractivity contribution is 7.93. The van der Waals surface area contributed by atoms with Gasteiger partial charge < -0.3 is 4.74 Å². The van der Waals surface area contributed by atoms with E-state index < -0.39 is 14.9 Å². The van der Waals surface area contributed by atoms with Crippen molar-refractivity contribution in [3.63, 3.8) is 0 Å².